The summed E-state index contributed by atoms with van der Waals surface area (Å²) in [5.74, 6) is -0.306. The average molecular weight is 335 g/mol. The van der Waals surface area contributed by atoms with Crippen LogP contribution in [0, 0.1) is 5.92 Å². The minimum atomic E-state index is -0.188. The van der Waals surface area contributed by atoms with Gasteiger partial charge in [-0.1, -0.05) is 72.8 Å². The van der Waals surface area contributed by atoms with Gasteiger partial charge in [0.25, 0.3) is 0 Å². The smallest absolute Gasteiger partial charge is 0.314 e. The fourth-order valence-electron chi connectivity index (χ4n) is 3.42. The summed E-state index contributed by atoms with van der Waals surface area (Å²) < 4.78 is 5.29. The van der Waals surface area contributed by atoms with Gasteiger partial charge in [0.2, 0.25) is 0 Å². The maximum atomic E-state index is 12.4. The van der Waals surface area contributed by atoms with Gasteiger partial charge in [-0.05, 0) is 24.5 Å². The Labute approximate surface area is 149 Å². The third-order valence-corrected chi connectivity index (χ3v) is 4.62. The highest BCUT2D eigenvalue weighted by molar-refractivity contribution is 5.76. The Balaban J connectivity index is 1.81. The fourth-order valence-corrected chi connectivity index (χ4v) is 3.42. The summed E-state index contributed by atoms with van der Waals surface area (Å²) in [5.41, 5.74) is 2.51. The number of carbonyl (C=O) groups excluding carboxylic acids is 1. The Bertz CT molecular complexity index is 655. The summed E-state index contributed by atoms with van der Waals surface area (Å²) in [6, 6.07) is 21.0. The van der Waals surface area contributed by atoms with Crippen molar-refractivity contribution >= 4 is 5.97 Å². The van der Waals surface area contributed by atoms with Crippen LogP contribution in [0.5, 0.6) is 0 Å². The molecule has 3 heteroatoms. The van der Waals surface area contributed by atoms with Gasteiger partial charge in [-0.15, -0.1) is 0 Å². The summed E-state index contributed by atoms with van der Waals surface area (Å²) in [7, 11) is 0. The van der Waals surface area contributed by atoms with Gasteiger partial charge >= 0.3 is 5.97 Å². The highest BCUT2D eigenvalue weighted by Gasteiger charge is 2.34. The van der Waals surface area contributed by atoms with Crippen molar-refractivity contribution in [2.45, 2.75) is 32.5 Å². The number of nitrogens with zero attached hydrogens (tertiary/aromatic N) is 1. The van der Waals surface area contributed by atoms with Crippen LogP contribution in [0.3, 0.4) is 0 Å². The second-order valence-corrected chi connectivity index (χ2v) is 6.39. The molecule has 0 aliphatic heterocycles. The van der Waals surface area contributed by atoms with Gasteiger partial charge < -0.3 is 4.74 Å². The monoisotopic (exact) mass is 335 g/mol. The normalized spacial score (nSPS) is 19.3. The molecule has 0 fully saturated rings. The number of hydrogen-bond donors (Lipinski definition) is 0. The molecule has 0 saturated carbocycles. The van der Waals surface area contributed by atoms with E-state index in [1.165, 1.54) is 11.1 Å². The van der Waals surface area contributed by atoms with Crippen molar-refractivity contribution in [3.63, 3.8) is 0 Å². The van der Waals surface area contributed by atoms with Gasteiger partial charge in [-0.2, -0.15) is 0 Å². The molecule has 0 N–H and O–H groups in total. The van der Waals surface area contributed by atoms with Crippen LogP contribution in [-0.4, -0.2) is 23.5 Å². The molecule has 0 amide bonds. The van der Waals surface area contributed by atoms with E-state index in [0.29, 0.717) is 6.61 Å². The number of esters is 1. The number of benzene rings is 2. The molecule has 2 atom stereocenters. The van der Waals surface area contributed by atoms with E-state index in [0.717, 1.165) is 19.5 Å². The van der Waals surface area contributed by atoms with E-state index in [1.54, 1.807) is 0 Å². The van der Waals surface area contributed by atoms with Gasteiger partial charge in [0, 0.05) is 19.1 Å². The fraction of sp³-hybridized carbons (Fsp3) is 0.318. The zero-order valence-corrected chi connectivity index (χ0v) is 14.7. The molecule has 0 spiro atoms. The average Bonchev–Trinajstić information content (AvgIpc) is 3.13. The molecular weight excluding hydrogens is 310 g/mol. The van der Waals surface area contributed by atoms with Crippen LogP contribution in [0.25, 0.3) is 0 Å². The van der Waals surface area contributed by atoms with E-state index < -0.39 is 0 Å². The lowest BCUT2D eigenvalue weighted by molar-refractivity contribution is -0.148. The van der Waals surface area contributed by atoms with Crippen LogP contribution in [0.15, 0.2) is 72.8 Å². The Morgan fingerprint density at radius 2 is 1.56 bits per heavy atom. The zero-order chi connectivity index (χ0) is 17.5. The lowest BCUT2D eigenvalue weighted by atomic mass is 10.00. The topological polar surface area (TPSA) is 29.5 Å². The van der Waals surface area contributed by atoms with E-state index in [4.69, 9.17) is 4.74 Å². The molecule has 25 heavy (non-hydrogen) atoms. The molecule has 0 radical (unpaired) electrons. The van der Waals surface area contributed by atoms with Crippen molar-refractivity contribution in [3.05, 3.63) is 83.9 Å². The molecule has 2 aromatic carbocycles. The second kappa shape index (κ2) is 8.63. The van der Waals surface area contributed by atoms with E-state index in [1.807, 2.05) is 25.1 Å². The minimum Gasteiger partial charge on any atom is -0.465 e. The number of carbonyl (C=O) groups is 1. The molecule has 2 aromatic rings. The Hall–Kier alpha value is -2.39. The molecule has 0 unspecified atom stereocenters. The summed E-state index contributed by atoms with van der Waals surface area (Å²) in [6.07, 6.45) is 4.99. The van der Waals surface area contributed by atoms with Gasteiger partial charge in [-0.25, -0.2) is 0 Å². The van der Waals surface area contributed by atoms with Crippen molar-refractivity contribution in [1.82, 2.24) is 4.90 Å². The summed E-state index contributed by atoms with van der Waals surface area (Å²) in [4.78, 5) is 14.8. The van der Waals surface area contributed by atoms with E-state index in [2.05, 4.69) is 59.5 Å². The summed E-state index contributed by atoms with van der Waals surface area (Å²) >= 11 is 0. The second-order valence-electron chi connectivity index (χ2n) is 6.39. The van der Waals surface area contributed by atoms with Crippen molar-refractivity contribution in [1.29, 1.82) is 0 Å². The van der Waals surface area contributed by atoms with Crippen LogP contribution in [0.2, 0.25) is 0 Å². The zero-order valence-electron chi connectivity index (χ0n) is 14.7. The SMILES string of the molecule is CCOC(=O)[C@H]1C=CC[C@H]1N(Cc1ccccc1)Cc1ccccc1. The first-order valence-corrected chi connectivity index (χ1v) is 8.93. The van der Waals surface area contributed by atoms with Crippen molar-refractivity contribution in [2.24, 2.45) is 5.92 Å². The molecular formula is C22H25NO2. The molecule has 130 valence electrons. The highest BCUT2D eigenvalue weighted by atomic mass is 16.5. The number of ether oxygens (including phenoxy) is 1. The first-order chi connectivity index (χ1) is 12.3. The quantitative estimate of drug-likeness (QED) is 0.561. The first kappa shape index (κ1) is 17.4. The lowest BCUT2D eigenvalue weighted by Gasteiger charge is -2.32. The number of hydrogen-bond acceptors (Lipinski definition) is 3. The molecule has 3 nitrogen and oxygen atoms in total. The highest BCUT2D eigenvalue weighted by Crippen LogP contribution is 2.28. The third-order valence-electron chi connectivity index (χ3n) is 4.62. The van der Waals surface area contributed by atoms with Gasteiger partial charge in [0.1, 0.15) is 0 Å². The number of rotatable bonds is 7. The molecule has 1 aliphatic carbocycles. The van der Waals surface area contributed by atoms with Crippen LogP contribution in [0.4, 0.5) is 0 Å². The molecule has 0 saturated heterocycles. The third kappa shape index (κ3) is 4.58. The van der Waals surface area contributed by atoms with Crippen LogP contribution in [0.1, 0.15) is 24.5 Å². The van der Waals surface area contributed by atoms with Crippen LogP contribution < -0.4 is 0 Å². The predicted molar refractivity (Wildman–Crippen MR) is 99.8 cm³/mol. The maximum Gasteiger partial charge on any atom is 0.314 e. The summed E-state index contributed by atoms with van der Waals surface area (Å²) in [6.45, 7) is 3.92. The molecule has 3 rings (SSSR count). The predicted octanol–water partition coefficient (Wildman–Crippen LogP) is 4.20. The van der Waals surface area contributed by atoms with Crippen LogP contribution >= 0.6 is 0 Å². The van der Waals surface area contributed by atoms with E-state index in [9.17, 15) is 4.79 Å². The van der Waals surface area contributed by atoms with Gasteiger partial charge in [0.15, 0.2) is 0 Å². The first-order valence-electron chi connectivity index (χ1n) is 8.93. The van der Waals surface area contributed by atoms with Crippen molar-refractivity contribution in [3.8, 4) is 0 Å². The van der Waals surface area contributed by atoms with Gasteiger partial charge in [0.05, 0.1) is 12.5 Å². The Morgan fingerprint density at radius 1 is 1.00 bits per heavy atom. The molecule has 0 heterocycles. The Kier molecular flexibility index (Phi) is 6.02. The molecule has 1 aliphatic rings. The van der Waals surface area contributed by atoms with Gasteiger partial charge in [-0.3, -0.25) is 9.69 Å². The Morgan fingerprint density at radius 3 is 2.08 bits per heavy atom. The standard InChI is InChI=1S/C22H25NO2/c1-2-25-22(24)20-14-9-15-21(20)23(16-18-10-5-3-6-11-18)17-19-12-7-4-8-13-19/h3-14,20-21H,2,15-17H2,1H3/t20-,21+/m0/s1. The minimum absolute atomic E-state index is 0.118. The molecule has 0 bridgehead atoms. The largest absolute Gasteiger partial charge is 0.465 e. The summed E-state index contributed by atoms with van der Waals surface area (Å²) in [5, 5.41) is 0. The maximum absolute atomic E-state index is 12.4. The lowest BCUT2D eigenvalue weighted by Crippen LogP contribution is -2.40. The molecule has 0 aromatic heterocycles. The van der Waals surface area contributed by atoms with Crippen molar-refractivity contribution < 1.29 is 9.53 Å². The van der Waals surface area contributed by atoms with Crippen LogP contribution in [-0.2, 0) is 22.6 Å². The van der Waals surface area contributed by atoms with Crippen molar-refractivity contribution in [2.75, 3.05) is 6.61 Å². The van der Waals surface area contributed by atoms with E-state index in [-0.39, 0.29) is 17.9 Å². The van der Waals surface area contributed by atoms with E-state index >= 15 is 0 Å².